The smallest absolute Gasteiger partial charge is 0.336 e. The molecule has 128 valence electrons. The molecular weight excluding hydrogens is 292 g/mol. The summed E-state index contributed by atoms with van der Waals surface area (Å²) in [5.41, 5.74) is -0.125. The van der Waals surface area contributed by atoms with Gasteiger partial charge >= 0.3 is 5.69 Å². The van der Waals surface area contributed by atoms with Crippen LogP contribution in [0.2, 0.25) is 0 Å². The number of carbonyl (C=O) groups is 1. The first kappa shape index (κ1) is 16.3. The number of aromatic nitrogens is 3. The summed E-state index contributed by atoms with van der Waals surface area (Å²) in [6.45, 7) is 4.94. The highest BCUT2D eigenvalue weighted by Crippen LogP contribution is 2.24. The molecule has 0 radical (unpaired) electrons. The number of hydrogen-bond acceptors (Lipinski definition) is 3. The zero-order valence-corrected chi connectivity index (χ0v) is 14.3. The summed E-state index contributed by atoms with van der Waals surface area (Å²) < 4.78 is 3.11. The zero-order valence-electron chi connectivity index (χ0n) is 14.3. The van der Waals surface area contributed by atoms with Gasteiger partial charge in [0.15, 0.2) is 0 Å². The predicted molar refractivity (Wildman–Crippen MR) is 88.3 cm³/mol. The van der Waals surface area contributed by atoms with E-state index in [2.05, 4.69) is 18.9 Å². The van der Waals surface area contributed by atoms with Crippen LogP contribution >= 0.6 is 0 Å². The van der Waals surface area contributed by atoms with Crippen molar-refractivity contribution in [1.82, 2.24) is 19.2 Å². The Balaban J connectivity index is 1.76. The molecule has 0 N–H and O–H groups in total. The summed E-state index contributed by atoms with van der Waals surface area (Å²) in [4.78, 5) is 27.2. The first-order valence-electron chi connectivity index (χ1n) is 9.05. The Bertz CT molecular complexity index is 611. The van der Waals surface area contributed by atoms with Crippen molar-refractivity contribution in [2.45, 2.75) is 90.4 Å². The maximum atomic E-state index is 12.8. The number of hydrogen-bond donors (Lipinski definition) is 0. The van der Waals surface area contributed by atoms with E-state index in [1.54, 1.807) is 4.57 Å². The van der Waals surface area contributed by atoms with Crippen molar-refractivity contribution in [3.8, 4) is 0 Å². The van der Waals surface area contributed by atoms with E-state index in [-0.39, 0.29) is 24.2 Å². The average molecular weight is 320 g/mol. The molecule has 0 aromatic carbocycles. The van der Waals surface area contributed by atoms with Gasteiger partial charge in [-0.25, -0.2) is 9.48 Å². The molecule has 0 spiro atoms. The van der Waals surface area contributed by atoms with Crippen molar-refractivity contribution in [2.24, 2.45) is 0 Å². The second-order valence-corrected chi connectivity index (χ2v) is 7.15. The molecule has 6 heteroatoms. The largest absolute Gasteiger partial charge is 0.346 e. The number of carbonyl (C=O) groups excluding carboxylic acids is 1. The van der Waals surface area contributed by atoms with Crippen LogP contribution in [0.4, 0.5) is 0 Å². The highest BCUT2D eigenvalue weighted by Gasteiger charge is 2.28. The van der Waals surface area contributed by atoms with Gasteiger partial charge in [0.05, 0.1) is 0 Å². The van der Waals surface area contributed by atoms with Gasteiger partial charge in [-0.1, -0.05) is 19.3 Å². The van der Waals surface area contributed by atoms with Crippen molar-refractivity contribution in [3.05, 3.63) is 16.3 Å². The van der Waals surface area contributed by atoms with E-state index in [1.807, 2.05) is 4.90 Å². The summed E-state index contributed by atoms with van der Waals surface area (Å²) in [7, 11) is 0. The maximum absolute atomic E-state index is 12.8. The van der Waals surface area contributed by atoms with E-state index in [0.717, 1.165) is 44.5 Å². The Labute approximate surface area is 137 Å². The molecule has 3 rings (SSSR count). The number of amides is 1. The fraction of sp³-hybridized carbons (Fsp3) is 0.824. The zero-order chi connectivity index (χ0) is 16.4. The summed E-state index contributed by atoms with van der Waals surface area (Å²) in [5, 5.41) is 4.40. The van der Waals surface area contributed by atoms with E-state index >= 15 is 0 Å². The summed E-state index contributed by atoms with van der Waals surface area (Å²) >= 11 is 0. The molecule has 1 amide bonds. The minimum Gasteiger partial charge on any atom is -0.336 e. The second-order valence-electron chi connectivity index (χ2n) is 7.15. The van der Waals surface area contributed by atoms with E-state index in [0.29, 0.717) is 6.04 Å². The molecule has 0 unspecified atom stereocenters. The molecule has 0 atom stereocenters. The summed E-state index contributed by atoms with van der Waals surface area (Å²) in [5.74, 6) is 0.868. The third kappa shape index (κ3) is 3.35. The van der Waals surface area contributed by atoms with Crippen molar-refractivity contribution < 1.29 is 4.79 Å². The minimum atomic E-state index is -0.125. The summed E-state index contributed by atoms with van der Waals surface area (Å²) in [6, 6.07) is 0.489. The molecule has 1 saturated carbocycles. The first-order valence-corrected chi connectivity index (χ1v) is 9.05. The third-order valence-corrected chi connectivity index (χ3v) is 5.13. The van der Waals surface area contributed by atoms with Gasteiger partial charge in [0.2, 0.25) is 5.91 Å². The first-order chi connectivity index (χ1) is 11.1. The van der Waals surface area contributed by atoms with Crippen LogP contribution in [0.15, 0.2) is 4.79 Å². The highest BCUT2D eigenvalue weighted by atomic mass is 16.2. The third-order valence-electron chi connectivity index (χ3n) is 5.13. The quantitative estimate of drug-likeness (QED) is 0.852. The second kappa shape index (κ2) is 6.89. The van der Waals surface area contributed by atoms with Gasteiger partial charge in [0, 0.05) is 25.0 Å². The van der Waals surface area contributed by atoms with E-state index in [1.165, 1.54) is 23.9 Å². The predicted octanol–water partition coefficient (Wildman–Crippen LogP) is 1.95. The molecule has 1 aromatic rings. The van der Waals surface area contributed by atoms with Crippen molar-refractivity contribution in [1.29, 1.82) is 0 Å². The van der Waals surface area contributed by atoms with Gasteiger partial charge in [-0.05, 0) is 39.5 Å². The molecular formula is C17H28N4O2. The van der Waals surface area contributed by atoms with Gasteiger partial charge in [-0.2, -0.15) is 5.10 Å². The van der Waals surface area contributed by atoms with Crippen molar-refractivity contribution in [2.75, 3.05) is 0 Å². The van der Waals surface area contributed by atoms with Crippen LogP contribution in [0.5, 0.6) is 0 Å². The Morgan fingerprint density at radius 2 is 1.96 bits per heavy atom. The fourth-order valence-electron chi connectivity index (χ4n) is 4.03. The van der Waals surface area contributed by atoms with Gasteiger partial charge in [-0.15, -0.1) is 0 Å². The SMILES string of the molecule is CC(C)N(C(=O)Cn1nc2n(c1=O)CCCC2)C1CCCCC1. The molecule has 0 saturated heterocycles. The average Bonchev–Trinajstić information content (AvgIpc) is 2.85. The van der Waals surface area contributed by atoms with Crippen LogP contribution in [0.25, 0.3) is 0 Å². The lowest BCUT2D eigenvalue weighted by atomic mass is 9.93. The normalized spacial score (nSPS) is 18.9. The molecule has 6 nitrogen and oxygen atoms in total. The van der Waals surface area contributed by atoms with Crippen LogP contribution in [0.3, 0.4) is 0 Å². The van der Waals surface area contributed by atoms with E-state index in [4.69, 9.17) is 0 Å². The Morgan fingerprint density at radius 1 is 1.22 bits per heavy atom. The number of fused-ring (bicyclic) bond motifs is 1. The minimum absolute atomic E-state index is 0.0319. The number of nitrogens with zero attached hydrogens (tertiary/aromatic N) is 4. The maximum Gasteiger partial charge on any atom is 0.346 e. The molecule has 2 heterocycles. The summed E-state index contributed by atoms with van der Waals surface area (Å²) in [6.07, 6.45) is 8.75. The highest BCUT2D eigenvalue weighted by molar-refractivity contribution is 5.76. The molecule has 1 aliphatic carbocycles. The van der Waals surface area contributed by atoms with Crippen LogP contribution < -0.4 is 5.69 Å². The van der Waals surface area contributed by atoms with Crippen LogP contribution in [-0.4, -0.2) is 37.2 Å². The Morgan fingerprint density at radius 3 is 2.61 bits per heavy atom. The lowest BCUT2D eigenvalue weighted by Crippen LogP contribution is -2.48. The van der Waals surface area contributed by atoms with Gasteiger partial charge in [-0.3, -0.25) is 9.36 Å². The van der Waals surface area contributed by atoms with Gasteiger partial charge < -0.3 is 4.90 Å². The lowest BCUT2D eigenvalue weighted by Gasteiger charge is -2.37. The van der Waals surface area contributed by atoms with Crippen LogP contribution in [0, 0.1) is 0 Å². The molecule has 23 heavy (non-hydrogen) atoms. The van der Waals surface area contributed by atoms with E-state index in [9.17, 15) is 9.59 Å². The molecule has 1 aromatic heterocycles. The monoisotopic (exact) mass is 320 g/mol. The van der Waals surface area contributed by atoms with Crippen molar-refractivity contribution in [3.63, 3.8) is 0 Å². The van der Waals surface area contributed by atoms with Crippen LogP contribution in [-0.2, 0) is 24.3 Å². The number of aryl methyl sites for hydroxylation is 1. The van der Waals surface area contributed by atoms with Crippen LogP contribution in [0.1, 0.15) is 64.6 Å². The van der Waals surface area contributed by atoms with Crippen molar-refractivity contribution >= 4 is 5.91 Å². The Hall–Kier alpha value is -1.59. The standard InChI is InChI=1S/C17H28N4O2/c1-13(2)21(14-8-4-3-5-9-14)16(22)12-20-17(23)19-11-7-6-10-15(19)18-20/h13-14H,3-12H2,1-2H3. The number of rotatable bonds is 4. The van der Waals surface area contributed by atoms with Gasteiger partial charge in [0.25, 0.3) is 0 Å². The molecule has 2 aliphatic rings. The molecule has 0 bridgehead atoms. The lowest BCUT2D eigenvalue weighted by molar-refractivity contribution is -0.137. The topological polar surface area (TPSA) is 60.1 Å². The molecule has 1 aliphatic heterocycles. The van der Waals surface area contributed by atoms with E-state index < -0.39 is 0 Å². The Kier molecular flexibility index (Phi) is 4.87. The molecule has 1 fully saturated rings. The van der Waals surface area contributed by atoms with Gasteiger partial charge in [0.1, 0.15) is 12.4 Å². The fourth-order valence-corrected chi connectivity index (χ4v) is 4.03.